The Morgan fingerprint density at radius 2 is 2.14 bits per heavy atom. The highest BCUT2D eigenvalue weighted by Crippen LogP contribution is 2.38. The molecule has 1 fully saturated rings. The third kappa shape index (κ3) is 3.53. The quantitative estimate of drug-likeness (QED) is 0.573. The maximum Gasteiger partial charge on any atom is 0.337 e. The maximum absolute atomic E-state index is 11.4. The van der Waals surface area contributed by atoms with Gasteiger partial charge in [0.2, 0.25) is 0 Å². The van der Waals surface area contributed by atoms with E-state index in [0.29, 0.717) is 40.1 Å². The number of methoxy groups -OCH3 is 1. The van der Waals surface area contributed by atoms with Crippen LogP contribution >= 0.6 is 11.6 Å². The van der Waals surface area contributed by atoms with Crippen LogP contribution in [0.3, 0.4) is 0 Å². The average Bonchev–Trinajstić information content (AvgIpc) is 3.35. The van der Waals surface area contributed by atoms with E-state index >= 15 is 0 Å². The van der Waals surface area contributed by atoms with Crippen LogP contribution in [0.2, 0.25) is 5.02 Å². The number of rotatable bonds is 6. The van der Waals surface area contributed by atoms with Crippen LogP contribution in [0.1, 0.15) is 23.2 Å². The molecule has 1 saturated heterocycles. The van der Waals surface area contributed by atoms with Gasteiger partial charge in [0.15, 0.2) is 11.5 Å². The van der Waals surface area contributed by atoms with Crippen molar-refractivity contribution in [1.29, 1.82) is 0 Å². The summed E-state index contributed by atoms with van der Waals surface area (Å²) in [5.41, 5.74) is 2.46. The summed E-state index contributed by atoms with van der Waals surface area (Å²) >= 11 is 6.46. The smallest absolute Gasteiger partial charge is 0.337 e. The molecule has 0 saturated carbocycles. The zero-order chi connectivity index (χ0) is 19.7. The minimum absolute atomic E-state index is 0.212. The summed E-state index contributed by atoms with van der Waals surface area (Å²) in [5, 5.41) is 13.9. The van der Waals surface area contributed by atoms with Gasteiger partial charge in [0, 0.05) is 28.7 Å². The van der Waals surface area contributed by atoms with Crippen molar-refractivity contribution in [1.82, 2.24) is 10.3 Å². The molecule has 0 unspecified atom stereocenters. The summed E-state index contributed by atoms with van der Waals surface area (Å²) in [7, 11) is 1.60. The summed E-state index contributed by atoms with van der Waals surface area (Å²) in [6, 6.07) is 9.51. The first-order valence-electron chi connectivity index (χ1n) is 9.15. The molecule has 2 aromatic carbocycles. The minimum atomic E-state index is -0.985. The van der Waals surface area contributed by atoms with Gasteiger partial charge < -0.3 is 24.9 Å². The van der Waals surface area contributed by atoms with Crippen molar-refractivity contribution < 1.29 is 19.4 Å². The first-order valence-corrected chi connectivity index (χ1v) is 9.53. The zero-order valence-electron chi connectivity index (χ0n) is 15.4. The molecule has 7 heteroatoms. The molecular formula is C21H21ClN2O4. The van der Waals surface area contributed by atoms with E-state index in [4.69, 9.17) is 21.1 Å². The predicted molar refractivity (Wildman–Crippen MR) is 109 cm³/mol. The number of H-pyrrole nitrogens is 1. The molecule has 3 aromatic rings. The van der Waals surface area contributed by atoms with E-state index in [1.54, 1.807) is 19.2 Å². The Morgan fingerprint density at radius 3 is 2.86 bits per heavy atom. The van der Waals surface area contributed by atoms with Crippen molar-refractivity contribution in [2.45, 2.75) is 18.9 Å². The second kappa shape index (κ2) is 7.73. The Morgan fingerprint density at radius 1 is 1.29 bits per heavy atom. The second-order valence-corrected chi connectivity index (χ2v) is 7.26. The number of fused-ring (bicyclic) bond motifs is 1. The van der Waals surface area contributed by atoms with Crippen LogP contribution in [-0.4, -0.2) is 42.4 Å². The van der Waals surface area contributed by atoms with Crippen LogP contribution < -0.4 is 14.8 Å². The number of benzene rings is 2. The fourth-order valence-corrected chi connectivity index (χ4v) is 3.86. The van der Waals surface area contributed by atoms with Crippen LogP contribution in [0, 0.1) is 0 Å². The largest absolute Gasteiger partial charge is 0.493 e. The van der Waals surface area contributed by atoms with Crippen molar-refractivity contribution >= 4 is 28.5 Å². The number of carboxylic acids is 1. The predicted octanol–water partition coefficient (Wildman–Crippen LogP) is 4.33. The van der Waals surface area contributed by atoms with Crippen LogP contribution in [0.4, 0.5) is 0 Å². The van der Waals surface area contributed by atoms with Gasteiger partial charge in [0.1, 0.15) is 6.61 Å². The summed E-state index contributed by atoms with van der Waals surface area (Å²) in [6.07, 6.45) is 3.75. The van der Waals surface area contributed by atoms with E-state index in [9.17, 15) is 9.90 Å². The molecule has 1 aromatic heterocycles. The molecule has 1 atom stereocenters. The number of carboxylic acid groups (broad SMARTS) is 1. The molecule has 0 bridgehead atoms. The van der Waals surface area contributed by atoms with E-state index in [0.717, 1.165) is 24.1 Å². The first-order chi connectivity index (χ1) is 13.6. The molecule has 0 spiro atoms. The number of hydrogen-bond acceptors (Lipinski definition) is 4. The second-order valence-electron chi connectivity index (χ2n) is 6.86. The van der Waals surface area contributed by atoms with Crippen LogP contribution in [0.5, 0.6) is 11.5 Å². The van der Waals surface area contributed by atoms with Crippen LogP contribution in [0.15, 0.2) is 36.5 Å². The lowest BCUT2D eigenvalue weighted by atomic mass is 10.0. The standard InChI is InChI=1S/C21H21ClN2O4/c1-27-20-7-12(4-5-19(20)28-11-13-3-2-6-23-13)14-8-15-16(21(25)26)10-24-18(15)9-17(14)22/h4-5,7-10,13,23-24H,2-3,6,11H2,1H3,(H,25,26)/t13-/m0/s1. The fraction of sp³-hybridized carbons (Fsp3) is 0.286. The van der Waals surface area contributed by atoms with Gasteiger partial charge in [-0.2, -0.15) is 0 Å². The van der Waals surface area contributed by atoms with Gasteiger partial charge in [-0.15, -0.1) is 0 Å². The Labute approximate surface area is 167 Å². The third-order valence-electron chi connectivity index (χ3n) is 5.08. The SMILES string of the molecule is COc1cc(-c2cc3c(C(=O)O)c[nH]c3cc2Cl)ccc1OC[C@@H]1CCCN1. The highest BCUT2D eigenvalue weighted by Gasteiger charge is 2.17. The van der Waals surface area contributed by atoms with E-state index in [-0.39, 0.29) is 5.56 Å². The summed E-state index contributed by atoms with van der Waals surface area (Å²) < 4.78 is 11.4. The summed E-state index contributed by atoms with van der Waals surface area (Å²) in [4.78, 5) is 14.4. The third-order valence-corrected chi connectivity index (χ3v) is 5.39. The molecule has 0 amide bonds. The van der Waals surface area contributed by atoms with Crippen LogP contribution in [0.25, 0.3) is 22.0 Å². The van der Waals surface area contributed by atoms with E-state index in [1.807, 2.05) is 18.2 Å². The van der Waals surface area contributed by atoms with E-state index < -0.39 is 5.97 Å². The van der Waals surface area contributed by atoms with E-state index in [2.05, 4.69) is 10.3 Å². The molecule has 146 valence electrons. The van der Waals surface area contributed by atoms with Crippen LogP contribution in [-0.2, 0) is 0 Å². The number of halogens is 1. The van der Waals surface area contributed by atoms with Gasteiger partial charge in [-0.1, -0.05) is 17.7 Å². The summed E-state index contributed by atoms with van der Waals surface area (Å²) in [5.74, 6) is 0.297. The number of ether oxygens (including phenoxy) is 2. The number of nitrogens with one attached hydrogen (secondary N) is 2. The molecule has 0 radical (unpaired) electrons. The molecule has 3 N–H and O–H groups in total. The molecular weight excluding hydrogens is 380 g/mol. The highest BCUT2D eigenvalue weighted by molar-refractivity contribution is 6.34. The molecule has 1 aliphatic rings. The van der Waals surface area contributed by atoms with E-state index in [1.165, 1.54) is 12.6 Å². The van der Waals surface area contributed by atoms with Crippen molar-refractivity contribution in [2.24, 2.45) is 0 Å². The minimum Gasteiger partial charge on any atom is -0.493 e. The van der Waals surface area contributed by atoms with Crippen molar-refractivity contribution in [3.8, 4) is 22.6 Å². The fourth-order valence-electron chi connectivity index (χ4n) is 3.59. The van der Waals surface area contributed by atoms with Crippen molar-refractivity contribution in [2.75, 3.05) is 20.3 Å². The zero-order valence-corrected chi connectivity index (χ0v) is 16.2. The number of aromatic nitrogens is 1. The van der Waals surface area contributed by atoms with Crippen molar-refractivity contribution in [3.63, 3.8) is 0 Å². The monoisotopic (exact) mass is 400 g/mol. The van der Waals surface area contributed by atoms with Gasteiger partial charge in [-0.05, 0) is 49.2 Å². The van der Waals surface area contributed by atoms with Gasteiger partial charge in [0.25, 0.3) is 0 Å². The normalized spacial score (nSPS) is 16.4. The number of hydrogen-bond donors (Lipinski definition) is 3. The molecule has 1 aliphatic heterocycles. The number of aromatic carboxylic acids is 1. The molecule has 4 rings (SSSR count). The highest BCUT2D eigenvalue weighted by atomic mass is 35.5. The molecule has 6 nitrogen and oxygen atoms in total. The Balaban J connectivity index is 1.67. The van der Waals surface area contributed by atoms with Gasteiger partial charge in [-0.3, -0.25) is 0 Å². The summed E-state index contributed by atoms with van der Waals surface area (Å²) in [6.45, 7) is 1.62. The van der Waals surface area contributed by atoms with Gasteiger partial charge in [-0.25, -0.2) is 4.79 Å². The molecule has 28 heavy (non-hydrogen) atoms. The maximum atomic E-state index is 11.4. The Kier molecular flexibility index (Phi) is 5.15. The topological polar surface area (TPSA) is 83.6 Å². The lowest BCUT2D eigenvalue weighted by Crippen LogP contribution is -2.28. The van der Waals surface area contributed by atoms with Gasteiger partial charge >= 0.3 is 5.97 Å². The van der Waals surface area contributed by atoms with Gasteiger partial charge in [0.05, 0.1) is 17.7 Å². The Bertz CT molecular complexity index is 1020. The number of aromatic amines is 1. The Hall–Kier alpha value is -2.70. The lowest BCUT2D eigenvalue weighted by molar-refractivity contribution is 0.0699. The number of carbonyl (C=O) groups is 1. The average molecular weight is 401 g/mol. The lowest BCUT2D eigenvalue weighted by Gasteiger charge is -2.16. The molecule has 2 heterocycles. The van der Waals surface area contributed by atoms with Crippen molar-refractivity contribution in [3.05, 3.63) is 47.1 Å². The first kappa shape index (κ1) is 18.7. The molecule has 0 aliphatic carbocycles.